The molecule has 19 heavy (non-hydrogen) atoms. The number of hydrogen-bond donors (Lipinski definition) is 2. The molecule has 0 spiro atoms. The molecule has 0 unspecified atom stereocenters. The van der Waals surface area contributed by atoms with Crippen LogP contribution in [-0.2, 0) is 11.3 Å². The van der Waals surface area contributed by atoms with Crippen molar-refractivity contribution in [2.75, 3.05) is 23.4 Å². The summed E-state index contributed by atoms with van der Waals surface area (Å²) in [6.45, 7) is 3.55. The second kappa shape index (κ2) is 7.56. The van der Waals surface area contributed by atoms with Crippen LogP contribution in [0, 0.1) is 5.92 Å². The molecule has 2 rings (SSSR count). The first-order valence-corrected chi connectivity index (χ1v) is 8.04. The number of hydrogen-bond acceptors (Lipinski definition) is 3. The standard InChI is InChI=1S/C15H22N2OS/c1-12(18)17-15-4-2-13(3-5-15)10-16-11-14-6-8-19-9-7-14/h2-5,14,16H,6-11H2,1H3,(H,17,18). The molecule has 3 nitrogen and oxygen atoms in total. The van der Waals surface area contributed by atoms with Gasteiger partial charge in [-0.3, -0.25) is 4.79 Å². The molecule has 1 fully saturated rings. The van der Waals surface area contributed by atoms with Crippen molar-refractivity contribution in [3.63, 3.8) is 0 Å². The van der Waals surface area contributed by atoms with Crippen molar-refractivity contribution < 1.29 is 4.79 Å². The lowest BCUT2D eigenvalue weighted by Crippen LogP contribution is -2.25. The molecule has 4 heteroatoms. The van der Waals surface area contributed by atoms with Gasteiger partial charge in [0.1, 0.15) is 0 Å². The molecule has 1 amide bonds. The molecular formula is C15H22N2OS. The predicted molar refractivity (Wildman–Crippen MR) is 82.5 cm³/mol. The highest BCUT2D eigenvalue weighted by atomic mass is 32.2. The molecule has 1 saturated heterocycles. The molecule has 104 valence electrons. The van der Waals surface area contributed by atoms with Gasteiger partial charge in [-0.25, -0.2) is 0 Å². The summed E-state index contributed by atoms with van der Waals surface area (Å²) in [6, 6.07) is 8.04. The molecule has 0 atom stereocenters. The Balaban J connectivity index is 1.71. The van der Waals surface area contributed by atoms with Crippen LogP contribution in [0.5, 0.6) is 0 Å². The van der Waals surface area contributed by atoms with Crippen LogP contribution < -0.4 is 10.6 Å². The van der Waals surface area contributed by atoms with Crippen molar-refractivity contribution in [2.45, 2.75) is 26.3 Å². The SMILES string of the molecule is CC(=O)Nc1ccc(CNCC2CCSCC2)cc1. The number of carbonyl (C=O) groups excluding carboxylic acids is 1. The normalized spacial score (nSPS) is 16.3. The lowest BCUT2D eigenvalue weighted by molar-refractivity contribution is -0.114. The first kappa shape index (κ1) is 14.4. The van der Waals surface area contributed by atoms with E-state index in [2.05, 4.69) is 34.5 Å². The van der Waals surface area contributed by atoms with Gasteiger partial charge in [0.05, 0.1) is 0 Å². The zero-order chi connectivity index (χ0) is 13.5. The summed E-state index contributed by atoms with van der Waals surface area (Å²) in [6.07, 6.45) is 2.69. The Bertz CT molecular complexity index is 399. The quantitative estimate of drug-likeness (QED) is 0.870. The summed E-state index contributed by atoms with van der Waals surface area (Å²) >= 11 is 2.07. The van der Waals surface area contributed by atoms with Gasteiger partial charge >= 0.3 is 0 Å². The number of anilines is 1. The van der Waals surface area contributed by atoms with E-state index in [9.17, 15) is 4.79 Å². The van der Waals surface area contributed by atoms with Crippen LogP contribution >= 0.6 is 11.8 Å². The van der Waals surface area contributed by atoms with E-state index in [0.29, 0.717) is 0 Å². The average molecular weight is 278 g/mol. The first-order chi connectivity index (χ1) is 9.24. The zero-order valence-electron chi connectivity index (χ0n) is 11.4. The first-order valence-electron chi connectivity index (χ1n) is 6.89. The number of carbonyl (C=O) groups is 1. The van der Waals surface area contributed by atoms with Crippen molar-refractivity contribution >= 4 is 23.4 Å². The topological polar surface area (TPSA) is 41.1 Å². The Labute approximate surface area is 119 Å². The fraction of sp³-hybridized carbons (Fsp3) is 0.533. The Hall–Kier alpha value is -1.00. The van der Waals surface area contributed by atoms with Crippen LogP contribution in [0.4, 0.5) is 5.69 Å². The third-order valence-corrected chi connectivity index (χ3v) is 4.43. The van der Waals surface area contributed by atoms with Crippen LogP contribution in [0.3, 0.4) is 0 Å². The fourth-order valence-corrected chi connectivity index (χ4v) is 3.48. The minimum Gasteiger partial charge on any atom is -0.326 e. The van der Waals surface area contributed by atoms with Crippen LogP contribution in [-0.4, -0.2) is 24.0 Å². The lowest BCUT2D eigenvalue weighted by atomic mass is 10.0. The molecular weight excluding hydrogens is 256 g/mol. The molecule has 1 aromatic carbocycles. The van der Waals surface area contributed by atoms with Crippen molar-refractivity contribution in [3.8, 4) is 0 Å². The van der Waals surface area contributed by atoms with E-state index in [0.717, 1.165) is 24.7 Å². The molecule has 0 radical (unpaired) electrons. The predicted octanol–water partition coefficient (Wildman–Crippen LogP) is 2.88. The van der Waals surface area contributed by atoms with Crippen LogP contribution in [0.2, 0.25) is 0 Å². The van der Waals surface area contributed by atoms with E-state index in [-0.39, 0.29) is 5.91 Å². The molecule has 1 aliphatic heterocycles. The third kappa shape index (κ3) is 5.25. The number of nitrogens with one attached hydrogen (secondary N) is 2. The third-order valence-electron chi connectivity index (χ3n) is 3.38. The van der Waals surface area contributed by atoms with E-state index >= 15 is 0 Å². The highest BCUT2D eigenvalue weighted by Crippen LogP contribution is 2.21. The van der Waals surface area contributed by atoms with Crippen molar-refractivity contribution in [1.82, 2.24) is 5.32 Å². The van der Waals surface area contributed by atoms with Gasteiger partial charge in [0.2, 0.25) is 5.91 Å². The van der Waals surface area contributed by atoms with Gasteiger partial charge in [-0.2, -0.15) is 11.8 Å². The molecule has 2 N–H and O–H groups in total. The minimum atomic E-state index is -0.0268. The summed E-state index contributed by atoms with van der Waals surface area (Å²) in [4.78, 5) is 10.9. The number of thioether (sulfide) groups is 1. The van der Waals surface area contributed by atoms with Crippen LogP contribution in [0.25, 0.3) is 0 Å². The Morgan fingerprint density at radius 3 is 2.58 bits per heavy atom. The summed E-state index contributed by atoms with van der Waals surface area (Å²) in [5.74, 6) is 3.45. The van der Waals surface area contributed by atoms with E-state index in [1.54, 1.807) is 0 Å². The molecule has 0 bridgehead atoms. The number of amides is 1. The highest BCUT2D eigenvalue weighted by Gasteiger charge is 2.12. The van der Waals surface area contributed by atoms with Crippen molar-refractivity contribution in [2.24, 2.45) is 5.92 Å². The maximum absolute atomic E-state index is 10.9. The molecule has 0 aliphatic carbocycles. The molecule has 1 aliphatic rings. The Morgan fingerprint density at radius 1 is 1.26 bits per heavy atom. The maximum atomic E-state index is 10.9. The van der Waals surface area contributed by atoms with Gasteiger partial charge < -0.3 is 10.6 Å². The monoisotopic (exact) mass is 278 g/mol. The minimum absolute atomic E-state index is 0.0268. The van der Waals surface area contributed by atoms with Crippen molar-refractivity contribution in [3.05, 3.63) is 29.8 Å². The maximum Gasteiger partial charge on any atom is 0.221 e. The smallest absolute Gasteiger partial charge is 0.221 e. The molecule has 1 heterocycles. The Morgan fingerprint density at radius 2 is 1.95 bits per heavy atom. The van der Waals surface area contributed by atoms with Gasteiger partial charge in [-0.15, -0.1) is 0 Å². The molecule has 0 aromatic heterocycles. The summed E-state index contributed by atoms with van der Waals surface area (Å²) in [5, 5.41) is 6.31. The van der Waals surface area contributed by atoms with E-state index in [1.165, 1.54) is 36.8 Å². The average Bonchev–Trinajstić information content (AvgIpc) is 2.41. The van der Waals surface area contributed by atoms with Gasteiger partial charge in [-0.1, -0.05) is 12.1 Å². The fourth-order valence-electron chi connectivity index (χ4n) is 2.28. The second-order valence-electron chi connectivity index (χ2n) is 5.06. The van der Waals surface area contributed by atoms with Crippen molar-refractivity contribution in [1.29, 1.82) is 0 Å². The van der Waals surface area contributed by atoms with Gasteiger partial charge in [0, 0.05) is 19.2 Å². The highest BCUT2D eigenvalue weighted by molar-refractivity contribution is 7.99. The second-order valence-corrected chi connectivity index (χ2v) is 6.29. The van der Waals surface area contributed by atoms with Crippen LogP contribution in [0.15, 0.2) is 24.3 Å². The van der Waals surface area contributed by atoms with E-state index in [1.807, 2.05) is 12.1 Å². The molecule has 1 aromatic rings. The molecule has 0 saturated carbocycles. The van der Waals surface area contributed by atoms with Gasteiger partial charge in [-0.05, 0) is 54.5 Å². The van der Waals surface area contributed by atoms with E-state index in [4.69, 9.17) is 0 Å². The van der Waals surface area contributed by atoms with Crippen LogP contribution in [0.1, 0.15) is 25.3 Å². The Kier molecular flexibility index (Phi) is 5.73. The number of benzene rings is 1. The largest absolute Gasteiger partial charge is 0.326 e. The summed E-state index contributed by atoms with van der Waals surface area (Å²) in [5.41, 5.74) is 2.12. The van der Waals surface area contributed by atoms with Gasteiger partial charge in [0.25, 0.3) is 0 Å². The lowest BCUT2D eigenvalue weighted by Gasteiger charge is -2.21. The zero-order valence-corrected chi connectivity index (χ0v) is 12.3. The van der Waals surface area contributed by atoms with E-state index < -0.39 is 0 Å². The summed E-state index contributed by atoms with van der Waals surface area (Å²) in [7, 11) is 0. The van der Waals surface area contributed by atoms with Gasteiger partial charge in [0.15, 0.2) is 0 Å². The number of rotatable bonds is 5. The summed E-state index contributed by atoms with van der Waals surface area (Å²) < 4.78 is 0.